The predicted molar refractivity (Wildman–Crippen MR) is 112 cm³/mol. The summed E-state index contributed by atoms with van der Waals surface area (Å²) in [6, 6.07) is 8.74. The average Bonchev–Trinajstić information content (AvgIpc) is 3.50. The zero-order valence-electron chi connectivity index (χ0n) is 16.0. The number of nitrogens with zero attached hydrogens (tertiary/aromatic N) is 4. The Kier molecular flexibility index (Phi) is 5.57. The van der Waals surface area contributed by atoms with Crippen molar-refractivity contribution in [3.63, 3.8) is 0 Å². The Balaban J connectivity index is 1.35. The van der Waals surface area contributed by atoms with E-state index in [2.05, 4.69) is 32.2 Å². The molecule has 1 saturated heterocycles. The number of anilines is 2. The molecule has 0 radical (unpaired) electrons. The van der Waals surface area contributed by atoms with Crippen molar-refractivity contribution in [1.82, 2.24) is 19.7 Å². The minimum atomic E-state index is -0.471. The number of hydrogen-bond donors (Lipinski definition) is 2. The molecule has 2 aromatic heterocycles. The summed E-state index contributed by atoms with van der Waals surface area (Å²) < 4.78 is 1.49. The second-order valence-corrected chi connectivity index (χ2v) is 7.74. The highest BCUT2D eigenvalue weighted by molar-refractivity contribution is 7.08. The monoisotopic (exact) mass is 410 g/mol. The highest BCUT2D eigenvalue weighted by Crippen LogP contribution is 2.33. The minimum absolute atomic E-state index is 0.102. The minimum Gasteiger partial charge on any atom is -0.324 e. The van der Waals surface area contributed by atoms with Crippen LogP contribution in [0.3, 0.4) is 0 Å². The van der Waals surface area contributed by atoms with E-state index in [1.807, 2.05) is 10.3 Å². The molecule has 1 aromatic carbocycles. The summed E-state index contributed by atoms with van der Waals surface area (Å²) in [6.07, 6.45) is 4.89. The number of hydrogen-bond acceptors (Lipinski definition) is 5. The Morgan fingerprint density at radius 3 is 2.59 bits per heavy atom. The molecule has 8 nitrogen and oxygen atoms in total. The summed E-state index contributed by atoms with van der Waals surface area (Å²) in [5.74, 6) is -0.192. The van der Waals surface area contributed by atoms with Gasteiger partial charge in [0.2, 0.25) is 5.91 Å². The number of aromatic nitrogens is 3. The number of amides is 3. The fourth-order valence-electron chi connectivity index (χ4n) is 3.44. The van der Waals surface area contributed by atoms with Crippen LogP contribution in [0.2, 0.25) is 0 Å². The van der Waals surface area contributed by atoms with Crippen LogP contribution < -0.4 is 10.6 Å². The first kappa shape index (κ1) is 19.1. The van der Waals surface area contributed by atoms with Crippen molar-refractivity contribution in [2.24, 2.45) is 0 Å². The average molecular weight is 411 g/mol. The molecular formula is C20H22N6O2S. The highest BCUT2D eigenvalue weighted by atomic mass is 32.1. The van der Waals surface area contributed by atoms with Gasteiger partial charge in [0.15, 0.2) is 0 Å². The van der Waals surface area contributed by atoms with Gasteiger partial charge < -0.3 is 15.5 Å². The van der Waals surface area contributed by atoms with Crippen molar-refractivity contribution in [1.29, 1.82) is 0 Å². The van der Waals surface area contributed by atoms with Crippen LogP contribution in [0.4, 0.5) is 16.2 Å². The molecule has 1 aliphatic heterocycles. The van der Waals surface area contributed by atoms with E-state index in [-0.39, 0.29) is 18.0 Å². The van der Waals surface area contributed by atoms with Crippen molar-refractivity contribution in [3.05, 3.63) is 59.3 Å². The Bertz CT molecular complexity index is 956. The van der Waals surface area contributed by atoms with Crippen LogP contribution in [0.1, 0.15) is 37.4 Å². The third kappa shape index (κ3) is 4.29. The lowest BCUT2D eigenvalue weighted by Crippen LogP contribution is -2.34. The van der Waals surface area contributed by atoms with Gasteiger partial charge >= 0.3 is 6.03 Å². The van der Waals surface area contributed by atoms with E-state index in [0.717, 1.165) is 19.4 Å². The standard InChI is InChI=1S/C20H22N6O2S/c1-14(26-13-21-12-22-26)19(27)23-16-4-6-17(7-5-16)24-20(28)25-9-2-3-18(25)15-8-10-29-11-15/h4-8,10-14,18H,2-3,9H2,1H3,(H,23,27)(H,24,28)/t14-,18+/m1/s1. The Morgan fingerprint density at radius 2 is 1.93 bits per heavy atom. The molecule has 0 saturated carbocycles. The quantitative estimate of drug-likeness (QED) is 0.667. The molecule has 2 atom stereocenters. The van der Waals surface area contributed by atoms with Gasteiger partial charge in [-0.2, -0.15) is 16.4 Å². The SMILES string of the molecule is C[C@H](C(=O)Nc1ccc(NC(=O)N2CCC[C@H]2c2ccsc2)cc1)n1cncn1. The van der Waals surface area contributed by atoms with Crippen LogP contribution >= 0.6 is 11.3 Å². The van der Waals surface area contributed by atoms with E-state index in [4.69, 9.17) is 0 Å². The number of carbonyl (C=O) groups is 2. The molecule has 29 heavy (non-hydrogen) atoms. The van der Waals surface area contributed by atoms with Gasteiger partial charge in [-0.25, -0.2) is 14.5 Å². The summed E-state index contributed by atoms with van der Waals surface area (Å²) >= 11 is 1.65. The van der Waals surface area contributed by atoms with E-state index >= 15 is 0 Å². The molecule has 150 valence electrons. The molecule has 1 fully saturated rings. The van der Waals surface area contributed by atoms with Gasteiger partial charge in [0.25, 0.3) is 0 Å². The Labute approximate surface area is 172 Å². The third-order valence-electron chi connectivity index (χ3n) is 5.06. The van der Waals surface area contributed by atoms with E-state index in [1.165, 1.54) is 22.9 Å². The topological polar surface area (TPSA) is 92.2 Å². The molecule has 2 N–H and O–H groups in total. The van der Waals surface area contributed by atoms with Gasteiger partial charge in [-0.3, -0.25) is 4.79 Å². The van der Waals surface area contributed by atoms with Gasteiger partial charge in [0.1, 0.15) is 18.7 Å². The fourth-order valence-corrected chi connectivity index (χ4v) is 4.14. The lowest BCUT2D eigenvalue weighted by Gasteiger charge is -2.24. The number of carbonyl (C=O) groups excluding carboxylic acids is 2. The maximum absolute atomic E-state index is 12.7. The lowest BCUT2D eigenvalue weighted by atomic mass is 10.1. The van der Waals surface area contributed by atoms with Crippen molar-refractivity contribution in [3.8, 4) is 0 Å². The normalized spacial score (nSPS) is 17.1. The Morgan fingerprint density at radius 1 is 1.17 bits per heavy atom. The van der Waals surface area contributed by atoms with Crippen LogP contribution in [-0.4, -0.2) is 38.1 Å². The van der Waals surface area contributed by atoms with E-state index in [1.54, 1.807) is 42.5 Å². The van der Waals surface area contributed by atoms with Crippen LogP contribution in [0.15, 0.2) is 53.7 Å². The summed E-state index contributed by atoms with van der Waals surface area (Å²) in [5, 5.41) is 13.9. The number of thiophene rings is 1. The molecule has 0 bridgehead atoms. The summed E-state index contributed by atoms with van der Waals surface area (Å²) in [6.45, 7) is 2.50. The zero-order valence-corrected chi connectivity index (χ0v) is 16.8. The van der Waals surface area contributed by atoms with Crippen LogP contribution in [0.5, 0.6) is 0 Å². The smallest absolute Gasteiger partial charge is 0.322 e. The van der Waals surface area contributed by atoms with E-state index < -0.39 is 6.04 Å². The van der Waals surface area contributed by atoms with Gasteiger partial charge in [0, 0.05) is 17.9 Å². The first-order valence-corrected chi connectivity index (χ1v) is 10.4. The van der Waals surface area contributed by atoms with Crippen molar-refractivity contribution >= 4 is 34.6 Å². The first-order chi connectivity index (χ1) is 14.1. The predicted octanol–water partition coefficient (Wildman–Crippen LogP) is 3.91. The van der Waals surface area contributed by atoms with Crippen molar-refractivity contribution < 1.29 is 9.59 Å². The summed E-state index contributed by atoms with van der Waals surface area (Å²) in [4.78, 5) is 30.8. The third-order valence-corrected chi connectivity index (χ3v) is 5.76. The highest BCUT2D eigenvalue weighted by Gasteiger charge is 2.30. The molecule has 3 heterocycles. The maximum Gasteiger partial charge on any atom is 0.322 e. The molecule has 0 spiro atoms. The zero-order chi connectivity index (χ0) is 20.2. The van der Waals surface area contributed by atoms with Gasteiger partial charge in [-0.1, -0.05) is 0 Å². The maximum atomic E-state index is 12.7. The molecule has 4 rings (SSSR count). The molecular weight excluding hydrogens is 388 g/mol. The summed E-state index contributed by atoms with van der Waals surface area (Å²) in [5.41, 5.74) is 2.53. The van der Waals surface area contributed by atoms with E-state index in [9.17, 15) is 9.59 Å². The largest absolute Gasteiger partial charge is 0.324 e. The second kappa shape index (κ2) is 8.44. The van der Waals surface area contributed by atoms with Crippen LogP contribution in [-0.2, 0) is 4.79 Å². The number of nitrogens with one attached hydrogen (secondary N) is 2. The lowest BCUT2D eigenvalue weighted by molar-refractivity contribution is -0.119. The Hall–Kier alpha value is -3.20. The van der Waals surface area contributed by atoms with Gasteiger partial charge in [-0.05, 0) is 66.4 Å². The number of urea groups is 1. The van der Waals surface area contributed by atoms with E-state index in [0.29, 0.717) is 11.4 Å². The molecule has 9 heteroatoms. The second-order valence-electron chi connectivity index (χ2n) is 6.96. The molecule has 1 aliphatic rings. The van der Waals surface area contributed by atoms with Gasteiger partial charge in [0.05, 0.1) is 6.04 Å². The molecule has 3 aromatic rings. The molecule has 0 aliphatic carbocycles. The first-order valence-electron chi connectivity index (χ1n) is 9.46. The molecule has 3 amide bonds. The van der Waals surface area contributed by atoms with Crippen molar-refractivity contribution in [2.45, 2.75) is 31.8 Å². The molecule has 0 unspecified atom stereocenters. The van der Waals surface area contributed by atoms with Crippen LogP contribution in [0, 0.1) is 0 Å². The van der Waals surface area contributed by atoms with Gasteiger partial charge in [-0.15, -0.1) is 0 Å². The number of rotatable bonds is 5. The number of benzene rings is 1. The van der Waals surface area contributed by atoms with Crippen LogP contribution in [0.25, 0.3) is 0 Å². The number of likely N-dealkylation sites (tertiary alicyclic amines) is 1. The summed E-state index contributed by atoms with van der Waals surface area (Å²) in [7, 11) is 0. The fraction of sp³-hybridized carbons (Fsp3) is 0.300. The van der Waals surface area contributed by atoms with Crippen molar-refractivity contribution in [2.75, 3.05) is 17.2 Å².